The SMILES string of the molecule is CCOC(=O)CSc1nnc(N)n1C(CC)C(=O)Nc1cccc(Cl)c1. The number of benzene rings is 1. The summed E-state index contributed by atoms with van der Waals surface area (Å²) >= 11 is 7.06. The van der Waals surface area contributed by atoms with Crippen LogP contribution in [-0.4, -0.2) is 39.0 Å². The zero-order valence-electron chi connectivity index (χ0n) is 14.4. The van der Waals surface area contributed by atoms with Crippen molar-refractivity contribution in [1.29, 1.82) is 0 Å². The van der Waals surface area contributed by atoms with Crippen molar-refractivity contribution in [2.75, 3.05) is 23.4 Å². The first kappa shape index (κ1) is 20.1. The van der Waals surface area contributed by atoms with Gasteiger partial charge in [0.1, 0.15) is 6.04 Å². The maximum absolute atomic E-state index is 12.7. The minimum Gasteiger partial charge on any atom is -0.465 e. The van der Waals surface area contributed by atoms with Crippen molar-refractivity contribution in [3.63, 3.8) is 0 Å². The van der Waals surface area contributed by atoms with Crippen LogP contribution in [0, 0.1) is 0 Å². The monoisotopic (exact) mass is 397 g/mol. The van der Waals surface area contributed by atoms with Gasteiger partial charge in [-0.1, -0.05) is 36.4 Å². The molecule has 2 aromatic rings. The lowest BCUT2D eigenvalue weighted by atomic mass is 10.2. The van der Waals surface area contributed by atoms with Crippen molar-refractivity contribution in [2.24, 2.45) is 0 Å². The van der Waals surface area contributed by atoms with Crippen LogP contribution >= 0.6 is 23.4 Å². The highest BCUT2D eigenvalue weighted by atomic mass is 35.5. The summed E-state index contributed by atoms with van der Waals surface area (Å²) < 4.78 is 6.41. The Labute approximate surface area is 160 Å². The van der Waals surface area contributed by atoms with Crippen molar-refractivity contribution < 1.29 is 14.3 Å². The first-order valence-electron chi connectivity index (χ1n) is 8.01. The number of amides is 1. The maximum atomic E-state index is 12.7. The van der Waals surface area contributed by atoms with Crippen LogP contribution in [0.3, 0.4) is 0 Å². The average Bonchev–Trinajstić information content (AvgIpc) is 2.95. The van der Waals surface area contributed by atoms with E-state index in [-0.39, 0.29) is 23.6 Å². The molecule has 8 nitrogen and oxygen atoms in total. The summed E-state index contributed by atoms with van der Waals surface area (Å²) in [5.74, 6) is -0.496. The molecule has 1 amide bonds. The molecule has 1 heterocycles. The smallest absolute Gasteiger partial charge is 0.316 e. The van der Waals surface area contributed by atoms with Gasteiger partial charge in [-0.25, -0.2) is 0 Å². The van der Waals surface area contributed by atoms with E-state index in [1.54, 1.807) is 31.2 Å². The molecule has 0 aliphatic heterocycles. The van der Waals surface area contributed by atoms with Gasteiger partial charge in [-0.2, -0.15) is 0 Å². The predicted molar refractivity (Wildman–Crippen MR) is 101 cm³/mol. The first-order valence-corrected chi connectivity index (χ1v) is 9.37. The fourth-order valence-electron chi connectivity index (χ4n) is 2.28. The highest BCUT2D eigenvalue weighted by Crippen LogP contribution is 2.26. The van der Waals surface area contributed by atoms with E-state index < -0.39 is 6.04 Å². The standard InChI is InChI=1S/C16H20ClN5O3S/c1-3-12(14(24)19-11-7-5-6-10(17)8-11)22-15(18)20-21-16(22)26-9-13(23)25-4-2/h5-8,12H,3-4,9H2,1-2H3,(H2,18,20)(H,19,24). The zero-order chi connectivity index (χ0) is 19.1. The fourth-order valence-corrected chi connectivity index (χ4v) is 3.26. The molecule has 0 aliphatic carbocycles. The number of hydrogen-bond acceptors (Lipinski definition) is 7. The number of esters is 1. The third kappa shape index (κ3) is 5.12. The summed E-state index contributed by atoms with van der Waals surface area (Å²) in [6, 6.07) is 6.22. The molecule has 10 heteroatoms. The Bertz CT molecular complexity index is 783. The summed E-state index contributed by atoms with van der Waals surface area (Å²) in [6.45, 7) is 3.88. The van der Waals surface area contributed by atoms with Gasteiger partial charge in [-0.3, -0.25) is 14.2 Å². The minimum absolute atomic E-state index is 0.0539. The number of nitrogen functional groups attached to an aromatic ring is 1. The van der Waals surface area contributed by atoms with Crippen molar-refractivity contribution in [2.45, 2.75) is 31.5 Å². The van der Waals surface area contributed by atoms with Crippen LogP contribution in [0.4, 0.5) is 11.6 Å². The second kappa shape index (κ2) is 9.44. The number of carbonyl (C=O) groups is 2. The third-order valence-electron chi connectivity index (χ3n) is 3.41. The number of ether oxygens (including phenoxy) is 1. The van der Waals surface area contributed by atoms with Crippen LogP contribution in [0.1, 0.15) is 26.3 Å². The summed E-state index contributed by atoms with van der Waals surface area (Å²) in [7, 11) is 0. The van der Waals surface area contributed by atoms with Gasteiger partial charge in [-0.15, -0.1) is 10.2 Å². The topological polar surface area (TPSA) is 112 Å². The summed E-state index contributed by atoms with van der Waals surface area (Å²) in [4.78, 5) is 24.3. The minimum atomic E-state index is -0.631. The molecule has 1 aromatic heterocycles. The molecule has 0 aliphatic rings. The van der Waals surface area contributed by atoms with Gasteiger partial charge in [0.15, 0.2) is 5.16 Å². The predicted octanol–water partition coefficient (Wildman–Crippen LogP) is 2.76. The van der Waals surface area contributed by atoms with Crippen LogP contribution in [-0.2, 0) is 14.3 Å². The normalized spacial score (nSPS) is 11.8. The van der Waals surface area contributed by atoms with E-state index in [0.717, 1.165) is 11.8 Å². The Morgan fingerprint density at radius 2 is 2.15 bits per heavy atom. The molecule has 0 bridgehead atoms. The molecule has 3 N–H and O–H groups in total. The van der Waals surface area contributed by atoms with Crippen LogP contribution in [0.25, 0.3) is 0 Å². The van der Waals surface area contributed by atoms with Gasteiger partial charge >= 0.3 is 5.97 Å². The lowest BCUT2D eigenvalue weighted by Gasteiger charge is -2.19. The van der Waals surface area contributed by atoms with Gasteiger partial charge in [0.25, 0.3) is 0 Å². The van der Waals surface area contributed by atoms with Gasteiger partial charge in [0, 0.05) is 10.7 Å². The van der Waals surface area contributed by atoms with Crippen molar-refractivity contribution >= 4 is 46.9 Å². The van der Waals surface area contributed by atoms with Gasteiger partial charge in [-0.05, 0) is 31.5 Å². The van der Waals surface area contributed by atoms with Gasteiger partial charge in [0.2, 0.25) is 11.9 Å². The number of aromatic nitrogens is 3. The number of hydrogen-bond donors (Lipinski definition) is 2. The van der Waals surface area contributed by atoms with E-state index in [2.05, 4.69) is 15.5 Å². The molecule has 1 unspecified atom stereocenters. The molecule has 0 saturated carbocycles. The second-order valence-electron chi connectivity index (χ2n) is 5.23. The maximum Gasteiger partial charge on any atom is 0.316 e. The molecule has 0 saturated heterocycles. The quantitative estimate of drug-likeness (QED) is 0.520. The Hall–Kier alpha value is -2.26. The third-order valence-corrected chi connectivity index (χ3v) is 4.56. The Morgan fingerprint density at radius 3 is 2.81 bits per heavy atom. The molecule has 0 radical (unpaired) electrons. The number of anilines is 2. The molecule has 2 rings (SSSR count). The van der Waals surface area contributed by atoms with Crippen LogP contribution < -0.4 is 11.1 Å². The molecule has 1 atom stereocenters. The molecular weight excluding hydrogens is 378 g/mol. The van der Waals surface area contributed by atoms with Crippen LogP contribution in [0.2, 0.25) is 5.02 Å². The lowest BCUT2D eigenvalue weighted by molar-refractivity contribution is -0.139. The molecular formula is C16H20ClN5O3S. The summed E-state index contributed by atoms with van der Waals surface area (Å²) in [6.07, 6.45) is 0.460. The number of halogens is 1. The molecule has 0 fully saturated rings. The number of thioether (sulfide) groups is 1. The molecule has 0 spiro atoms. The van der Waals surface area contributed by atoms with Crippen LogP contribution in [0.15, 0.2) is 29.4 Å². The Balaban J connectivity index is 2.17. The molecule has 140 valence electrons. The van der Waals surface area contributed by atoms with E-state index in [1.165, 1.54) is 4.57 Å². The van der Waals surface area contributed by atoms with E-state index in [9.17, 15) is 9.59 Å². The number of nitrogens with zero attached hydrogens (tertiary/aromatic N) is 3. The molecule has 1 aromatic carbocycles. The van der Waals surface area contributed by atoms with E-state index in [1.807, 2.05) is 6.92 Å². The van der Waals surface area contributed by atoms with Gasteiger partial charge in [0.05, 0.1) is 12.4 Å². The van der Waals surface area contributed by atoms with Crippen LogP contribution in [0.5, 0.6) is 0 Å². The largest absolute Gasteiger partial charge is 0.465 e. The van der Waals surface area contributed by atoms with Crippen molar-refractivity contribution in [3.8, 4) is 0 Å². The van der Waals surface area contributed by atoms with Gasteiger partial charge < -0.3 is 15.8 Å². The first-order chi connectivity index (χ1) is 12.5. The number of nitrogens with two attached hydrogens (primary N) is 1. The van der Waals surface area contributed by atoms with Crippen molar-refractivity contribution in [1.82, 2.24) is 14.8 Å². The zero-order valence-corrected chi connectivity index (χ0v) is 16.0. The summed E-state index contributed by atoms with van der Waals surface area (Å²) in [5, 5.41) is 11.5. The lowest BCUT2D eigenvalue weighted by Crippen LogP contribution is -2.27. The van der Waals surface area contributed by atoms with E-state index in [4.69, 9.17) is 22.1 Å². The fraction of sp³-hybridized carbons (Fsp3) is 0.375. The highest BCUT2D eigenvalue weighted by molar-refractivity contribution is 7.99. The Morgan fingerprint density at radius 1 is 1.38 bits per heavy atom. The highest BCUT2D eigenvalue weighted by Gasteiger charge is 2.25. The Kier molecular flexibility index (Phi) is 7.28. The average molecular weight is 398 g/mol. The second-order valence-corrected chi connectivity index (χ2v) is 6.61. The number of carbonyl (C=O) groups excluding carboxylic acids is 2. The van der Waals surface area contributed by atoms with E-state index in [0.29, 0.717) is 28.9 Å². The molecule has 26 heavy (non-hydrogen) atoms. The van der Waals surface area contributed by atoms with E-state index >= 15 is 0 Å². The number of nitrogens with one attached hydrogen (secondary N) is 1. The summed E-state index contributed by atoms with van der Waals surface area (Å²) in [5.41, 5.74) is 6.47. The number of rotatable bonds is 8. The van der Waals surface area contributed by atoms with Crippen molar-refractivity contribution in [3.05, 3.63) is 29.3 Å².